The van der Waals surface area contributed by atoms with Crippen molar-refractivity contribution in [1.82, 2.24) is 0 Å². The first-order valence-corrected chi connectivity index (χ1v) is 5.91. The van der Waals surface area contributed by atoms with E-state index in [9.17, 15) is 5.11 Å². The minimum absolute atomic E-state index is 0.755. The SMILES string of the molecule is COc1ccc(C(=CO)c2ccc(OC)cc2)cc1. The highest BCUT2D eigenvalue weighted by molar-refractivity contribution is 5.79. The molecule has 0 radical (unpaired) electrons. The Labute approximate surface area is 112 Å². The average molecular weight is 256 g/mol. The Hall–Kier alpha value is -2.42. The first kappa shape index (κ1) is 13.0. The highest BCUT2D eigenvalue weighted by Gasteiger charge is 2.06. The molecule has 1 N–H and O–H groups in total. The van der Waals surface area contributed by atoms with Crippen LogP contribution in [0.15, 0.2) is 54.8 Å². The van der Waals surface area contributed by atoms with Crippen molar-refractivity contribution in [3.05, 3.63) is 65.9 Å². The van der Waals surface area contributed by atoms with Gasteiger partial charge in [-0.1, -0.05) is 24.3 Å². The molecule has 0 bridgehead atoms. The largest absolute Gasteiger partial charge is 0.515 e. The summed E-state index contributed by atoms with van der Waals surface area (Å²) in [5, 5.41) is 9.46. The highest BCUT2D eigenvalue weighted by Crippen LogP contribution is 2.26. The molecular weight excluding hydrogens is 240 g/mol. The van der Waals surface area contributed by atoms with Gasteiger partial charge in [-0.05, 0) is 35.4 Å². The highest BCUT2D eigenvalue weighted by atomic mass is 16.5. The van der Waals surface area contributed by atoms with Gasteiger partial charge in [0.25, 0.3) is 0 Å². The molecule has 98 valence electrons. The summed E-state index contributed by atoms with van der Waals surface area (Å²) in [7, 11) is 3.25. The van der Waals surface area contributed by atoms with Crippen LogP contribution >= 0.6 is 0 Å². The van der Waals surface area contributed by atoms with E-state index in [0.717, 1.165) is 34.5 Å². The van der Waals surface area contributed by atoms with Crippen LogP contribution in [0.2, 0.25) is 0 Å². The van der Waals surface area contributed by atoms with Crippen LogP contribution in [0, 0.1) is 0 Å². The summed E-state index contributed by atoms with van der Waals surface area (Å²) in [4.78, 5) is 0. The maximum Gasteiger partial charge on any atom is 0.118 e. The first-order valence-electron chi connectivity index (χ1n) is 5.91. The van der Waals surface area contributed by atoms with Crippen molar-refractivity contribution in [3.8, 4) is 11.5 Å². The summed E-state index contributed by atoms with van der Waals surface area (Å²) >= 11 is 0. The lowest BCUT2D eigenvalue weighted by Crippen LogP contribution is -1.90. The van der Waals surface area contributed by atoms with E-state index in [0.29, 0.717) is 0 Å². The summed E-state index contributed by atoms with van der Waals surface area (Å²) in [6, 6.07) is 15.1. The third kappa shape index (κ3) is 2.88. The summed E-state index contributed by atoms with van der Waals surface area (Å²) in [6.45, 7) is 0. The molecule has 0 aromatic heterocycles. The molecule has 3 nitrogen and oxygen atoms in total. The van der Waals surface area contributed by atoms with E-state index in [-0.39, 0.29) is 0 Å². The summed E-state index contributed by atoms with van der Waals surface area (Å²) < 4.78 is 10.2. The van der Waals surface area contributed by atoms with Gasteiger partial charge in [0.15, 0.2) is 0 Å². The van der Waals surface area contributed by atoms with Crippen molar-refractivity contribution < 1.29 is 14.6 Å². The molecule has 0 heterocycles. The first-order chi connectivity index (χ1) is 9.28. The molecule has 0 aliphatic carbocycles. The fourth-order valence-corrected chi connectivity index (χ4v) is 1.86. The summed E-state index contributed by atoms with van der Waals surface area (Å²) in [5.41, 5.74) is 2.60. The molecule has 0 amide bonds. The molecule has 0 atom stereocenters. The summed E-state index contributed by atoms with van der Waals surface area (Å²) in [6.07, 6.45) is 1.11. The fourth-order valence-electron chi connectivity index (χ4n) is 1.86. The molecule has 0 saturated carbocycles. The fraction of sp³-hybridized carbons (Fsp3) is 0.125. The average Bonchev–Trinajstić information content (AvgIpc) is 2.49. The van der Waals surface area contributed by atoms with Crippen LogP contribution in [0.25, 0.3) is 5.57 Å². The van der Waals surface area contributed by atoms with Gasteiger partial charge >= 0.3 is 0 Å². The zero-order valence-electron chi connectivity index (χ0n) is 11.0. The van der Waals surface area contributed by atoms with E-state index in [1.165, 1.54) is 0 Å². The van der Waals surface area contributed by atoms with Gasteiger partial charge in [-0.3, -0.25) is 0 Å². The maximum absolute atomic E-state index is 9.46. The zero-order chi connectivity index (χ0) is 13.7. The van der Waals surface area contributed by atoms with Gasteiger partial charge in [0.1, 0.15) is 11.5 Å². The van der Waals surface area contributed by atoms with Gasteiger partial charge in [-0.25, -0.2) is 0 Å². The lowest BCUT2D eigenvalue weighted by atomic mass is 9.99. The summed E-state index contributed by atoms with van der Waals surface area (Å²) in [5.74, 6) is 1.58. The van der Waals surface area contributed by atoms with E-state index >= 15 is 0 Å². The number of hydrogen-bond donors (Lipinski definition) is 1. The Morgan fingerprint density at radius 2 is 1.16 bits per heavy atom. The van der Waals surface area contributed by atoms with Crippen LogP contribution in [0.4, 0.5) is 0 Å². The van der Waals surface area contributed by atoms with E-state index in [1.54, 1.807) is 14.2 Å². The standard InChI is InChI=1S/C16H16O3/c1-18-14-7-3-12(4-8-14)16(11-17)13-5-9-15(19-2)10-6-13/h3-11,17H,1-2H3. The minimum atomic E-state index is 0.755. The van der Waals surface area contributed by atoms with E-state index in [2.05, 4.69) is 0 Å². The van der Waals surface area contributed by atoms with Gasteiger partial charge in [0, 0.05) is 5.57 Å². The predicted molar refractivity (Wildman–Crippen MR) is 75.7 cm³/mol. The number of aliphatic hydroxyl groups is 1. The van der Waals surface area contributed by atoms with E-state index < -0.39 is 0 Å². The number of benzene rings is 2. The normalized spacial score (nSPS) is 9.79. The van der Waals surface area contributed by atoms with Gasteiger partial charge < -0.3 is 14.6 Å². The smallest absolute Gasteiger partial charge is 0.118 e. The minimum Gasteiger partial charge on any atom is -0.515 e. The second-order valence-electron chi connectivity index (χ2n) is 4.00. The third-order valence-electron chi connectivity index (χ3n) is 2.93. The van der Waals surface area contributed by atoms with E-state index in [1.807, 2.05) is 48.5 Å². The van der Waals surface area contributed by atoms with Gasteiger partial charge in [-0.2, -0.15) is 0 Å². The van der Waals surface area contributed by atoms with Crippen molar-refractivity contribution in [1.29, 1.82) is 0 Å². The van der Waals surface area contributed by atoms with E-state index in [4.69, 9.17) is 9.47 Å². The number of hydrogen-bond acceptors (Lipinski definition) is 3. The molecular formula is C16H16O3. The molecule has 2 rings (SSSR count). The Bertz CT molecular complexity index is 504. The van der Waals surface area contributed by atoms with Gasteiger partial charge in [-0.15, -0.1) is 0 Å². The monoisotopic (exact) mass is 256 g/mol. The molecule has 0 spiro atoms. The predicted octanol–water partition coefficient (Wildman–Crippen LogP) is 3.65. The molecule has 0 aliphatic heterocycles. The Morgan fingerprint density at radius 1 is 0.789 bits per heavy atom. The maximum atomic E-state index is 9.46. The van der Waals surface area contributed by atoms with Crippen molar-refractivity contribution in [2.45, 2.75) is 0 Å². The molecule has 19 heavy (non-hydrogen) atoms. The van der Waals surface area contributed by atoms with Crippen LogP contribution < -0.4 is 9.47 Å². The van der Waals surface area contributed by atoms with Crippen molar-refractivity contribution in [2.24, 2.45) is 0 Å². The Kier molecular flexibility index (Phi) is 4.08. The number of aliphatic hydroxyl groups excluding tert-OH is 1. The van der Waals surface area contributed by atoms with Gasteiger partial charge in [0.2, 0.25) is 0 Å². The van der Waals surface area contributed by atoms with Crippen molar-refractivity contribution in [3.63, 3.8) is 0 Å². The van der Waals surface area contributed by atoms with Crippen molar-refractivity contribution in [2.75, 3.05) is 14.2 Å². The molecule has 0 saturated heterocycles. The Morgan fingerprint density at radius 3 is 1.42 bits per heavy atom. The molecule has 0 unspecified atom stereocenters. The molecule has 2 aromatic rings. The van der Waals surface area contributed by atoms with Crippen LogP contribution in [-0.4, -0.2) is 19.3 Å². The molecule has 2 aromatic carbocycles. The van der Waals surface area contributed by atoms with Crippen LogP contribution in [0.1, 0.15) is 11.1 Å². The van der Waals surface area contributed by atoms with Crippen LogP contribution in [0.5, 0.6) is 11.5 Å². The number of ether oxygens (including phenoxy) is 2. The Balaban J connectivity index is 2.32. The molecule has 0 aliphatic rings. The molecule has 3 heteroatoms. The van der Waals surface area contributed by atoms with Crippen LogP contribution in [0.3, 0.4) is 0 Å². The van der Waals surface area contributed by atoms with Gasteiger partial charge in [0.05, 0.1) is 20.5 Å². The number of methoxy groups -OCH3 is 2. The number of rotatable bonds is 4. The quantitative estimate of drug-likeness (QED) is 0.848. The third-order valence-corrected chi connectivity index (χ3v) is 2.93. The lowest BCUT2D eigenvalue weighted by molar-refractivity contribution is 0.414. The lowest BCUT2D eigenvalue weighted by Gasteiger charge is -2.08. The van der Waals surface area contributed by atoms with Crippen molar-refractivity contribution >= 4 is 5.57 Å². The zero-order valence-corrected chi connectivity index (χ0v) is 11.0. The topological polar surface area (TPSA) is 38.7 Å². The molecule has 0 fully saturated rings. The van der Waals surface area contributed by atoms with Crippen LogP contribution in [-0.2, 0) is 0 Å². The second-order valence-corrected chi connectivity index (χ2v) is 4.00. The second kappa shape index (κ2) is 5.96.